The molecule has 0 aromatic heterocycles. The van der Waals surface area contributed by atoms with Crippen molar-refractivity contribution < 1.29 is 0 Å². The van der Waals surface area contributed by atoms with Crippen LogP contribution in [0.2, 0.25) is 0 Å². The fourth-order valence-electron chi connectivity index (χ4n) is 1.23. The summed E-state index contributed by atoms with van der Waals surface area (Å²) in [4.78, 5) is 0. The molecular formula is C9H16. The van der Waals surface area contributed by atoms with Gasteiger partial charge in [-0.1, -0.05) is 26.0 Å². The molecule has 0 spiro atoms. The summed E-state index contributed by atoms with van der Waals surface area (Å²) in [6.07, 6.45) is 2.81. The Morgan fingerprint density at radius 3 is 2.11 bits per heavy atom. The Bertz CT molecular complexity index is 129. The van der Waals surface area contributed by atoms with Crippen molar-refractivity contribution in [2.24, 2.45) is 11.3 Å². The van der Waals surface area contributed by atoms with Crippen LogP contribution in [0, 0.1) is 11.3 Å². The Kier molecular flexibility index (Phi) is 1.42. The largest absolute Gasteiger partial charge is 0.0999 e. The van der Waals surface area contributed by atoms with Gasteiger partial charge in [-0.3, -0.25) is 0 Å². The maximum Gasteiger partial charge on any atom is -0.0183 e. The molecule has 0 radical (unpaired) electrons. The van der Waals surface area contributed by atoms with Crippen LogP contribution in [0.4, 0.5) is 0 Å². The molecule has 0 aromatic rings. The standard InChI is InChI=1S/C9H16/c1-7(2)8(3)9(4)5-6-9/h8H,1,5-6H2,2-4H3. The van der Waals surface area contributed by atoms with Gasteiger partial charge in [-0.2, -0.15) is 0 Å². The first-order valence-corrected chi connectivity index (χ1v) is 3.72. The molecule has 0 aliphatic heterocycles. The highest BCUT2D eigenvalue weighted by molar-refractivity contribution is 5.07. The van der Waals surface area contributed by atoms with E-state index < -0.39 is 0 Å². The van der Waals surface area contributed by atoms with Crippen molar-refractivity contribution in [3.63, 3.8) is 0 Å². The molecule has 1 aliphatic rings. The van der Waals surface area contributed by atoms with E-state index in [1.165, 1.54) is 18.4 Å². The Morgan fingerprint density at radius 2 is 2.00 bits per heavy atom. The van der Waals surface area contributed by atoms with E-state index in [-0.39, 0.29) is 0 Å². The fraction of sp³-hybridized carbons (Fsp3) is 0.778. The van der Waals surface area contributed by atoms with E-state index in [1.54, 1.807) is 0 Å². The summed E-state index contributed by atoms with van der Waals surface area (Å²) >= 11 is 0. The highest BCUT2D eigenvalue weighted by Crippen LogP contribution is 2.53. The lowest BCUT2D eigenvalue weighted by atomic mass is 9.88. The summed E-state index contributed by atoms with van der Waals surface area (Å²) in [6, 6.07) is 0. The Hall–Kier alpha value is -0.260. The molecular weight excluding hydrogens is 108 g/mol. The molecule has 0 heteroatoms. The van der Waals surface area contributed by atoms with Crippen molar-refractivity contribution in [2.45, 2.75) is 33.6 Å². The monoisotopic (exact) mass is 124 g/mol. The van der Waals surface area contributed by atoms with Crippen LogP contribution in [0.3, 0.4) is 0 Å². The van der Waals surface area contributed by atoms with E-state index in [9.17, 15) is 0 Å². The second-order valence-corrected chi connectivity index (χ2v) is 3.72. The summed E-state index contributed by atoms with van der Waals surface area (Å²) in [5.41, 5.74) is 1.97. The normalized spacial score (nSPS) is 25.2. The van der Waals surface area contributed by atoms with Gasteiger partial charge >= 0.3 is 0 Å². The zero-order valence-corrected chi connectivity index (χ0v) is 6.70. The van der Waals surface area contributed by atoms with Gasteiger partial charge in [0, 0.05) is 0 Å². The van der Waals surface area contributed by atoms with Crippen LogP contribution in [0.25, 0.3) is 0 Å². The van der Waals surface area contributed by atoms with Crippen molar-refractivity contribution in [1.82, 2.24) is 0 Å². The van der Waals surface area contributed by atoms with E-state index in [2.05, 4.69) is 27.4 Å². The number of rotatable bonds is 2. The molecule has 1 aliphatic carbocycles. The molecule has 0 aromatic carbocycles. The number of allylic oxidation sites excluding steroid dienone is 1. The minimum atomic E-state index is 0.631. The lowest BCUT2D eigenvalue weighted by Gasteiger charge is -2.17. The van der Waals surface area contributed by atoms with Crippen molar-refractivity contribution in [3.05, 3.63) is 12.2 Å². The molecule has 0 saturated heterocycles. The summed E-state index contributed by atoms with van der Waals surface area (Å²) in [5, 5.41) is 0. The SMILES string of the molecule is C=C(C)C(C)C1(C)CC1. The summed E-state index contributed by atoms with van der Waals surface area (Å²) in [7, 11) is 0. The molecule has 0 heterocycles. The summed E-state index contributed by atoms with van der Waals surface area (Å²) in [5.74, 6) is 0.734. The third-order valence-electron chi connectivity index (χ3n) is 2.82. The van der Waals surface area contributed by atoms with Gasteiger partial charge in [-0.05, 0) is 31.1 Å². The van der Waals surface area contributed by atoms with E-state index in [4.69, 9.17) is 0 Å². The molecule has 52 valence electrons. The van der Waals surface area contributed by atoms with Crippen LogP contribution in [0.1, 0.15) is 33.6 Å². The van der Waals surface area contributed by atoms with Gasteiger partial charge in [0.2, 0.25) is 0 Å². The quantitative estimate of drug-likeness (QED) is 0.496. The second-order valence-electron chi connectivity index (χ2n) is 3.72. The molecule has 1 atom stereocenters. The van der Waals surface area contributed by atoms with Gasteiger partial charge in [0.1, 0.15) is 0 Å². The van der Waals surface area contributed by atoms with Crippen LogP contribution in [-0.4, -0.2) is 0 Å². The van der Waals surface area contributed by atoms with E-state index >= 15 is 0 Å². The smallest absolute Gasteiger partial charge is 0.0183 e. The molecule has 1 rings (SSSR count). The molecule has 1 fully saturated rings. The topological polar surface area (TPSA) is 0 Å². The number of hydrogen-bond acceptors (Lipinski definition) is 0. The van der Waals surface area contributed by atoms with Crippen LogP contribution < -0.4 is 0 Å². The zero-order valence-electron chi connectivity index (χ0n) is 6.70. The second kappa shape index (κ2) is 1.86. The van der Waals surface area contributed by atoms with Crippen molar-refractivity contribution >= 4 is 0 Å². The highest BCUT2D eigenvalue weighted by atomic mass is 14.5. The first kappa shape index (κ1) is 6.85. The molecule has 0 bridgehead atoms. The summed E-state index contributed by atoms with van der Waals surface area (Å²) in [6.45, 7) is 10.7. The predicted molar refractivity (Wildman–Crippen MR) is 41.3 cm³/mol. The molecule has 1 saturated carbocycles. The minimum absolute atomic E-state index is 0.631. The van der Waals surface area contributed by atoms with Gasteiger partial charge in [0.15, 0.2) is 0 Å². The van der Waals surface area contributed by atoms with Crippen LogP contribution in [0.5, 0.6) is 0 Å². The van der Waals surface area contributed by atoms with Gasteiger partial charge in [-0.15, -0.1) is 0 Å². The molecule has 1 unspecified atom stereocenters. The van der Waals surface area contributed by atoms with Crippen molar-refractivity contribution in [3.8, 4) is 0 Å². The fourth-order valence-corrected chi connectivity index (χ4v) is 1.23. The molecule has 9 heavy (non-hydrogen) atoms. The van der Waals surface area contributed by atoms with E-state index in [1.807, 2.05) is 0 Å². The highest BCUT2D eigenvalue weighted by Gasteiger charge is 2.42. The summed E-state index contributed by atoms with van der Waals surface area (Å²) < 4.78 is 0. The maximum atomic E-state index is 3.96. The lowest BCUT2D eigenvalue weighted by molar-refractivity contribution is 0.419. The Morgan fingerprint density at radius 1 is 1.56 bits per heavy atom. The van der Waals surface area contributed by atoms with Crippen LogP contribution in [0.15, 0.2) is 12.2 Å². The molecule has 0 N–H and O–H groups in total. The first-order valence-electron chi connectivity index (χ1n) is 3.72. The van der Waals surface area contributed by atoms with Crippen molar-refractivity contribution in [2.75, 3.05) is 0 Å². The minimum Gasteiger partial charge on any atom is -0.0999 e. The Labute approximate surface area is 58.0 Å². The zero-order chi connectivity index (χ0) is 7.07. The molecule has 0 amide bonds. The Balaban J connectivity index is 2.52. The predicted octanol–water partition coefficient (Wildman–Crippen LogP) is 3.00. The van der Waals surface area contributed by atoms with Crippen molar-refractivity contribution in [1.29, 1.82) is 0 Å². The molecule has 0 nitrogen and oxygen atoms in total. The van der Waals surface area contributed by atoms with Gasteiger partial charge in [-0.25, -0.2) is 0 Å². The van der Waals surface area contributed by atoms with Crippen LogP contribution in [-0.2, 0) is 0 Å². The van der Waals surface area contributed by atoms with Gasteiger partial charge < -0.3 is 0 Å². The van der Waals surface area contributed by atoms with E-state index in [0.717, 1.165) is 5.92 Å². The third-order valence-corrected chi connectivity index (χ3v) is 2.82. The average Bonchev–Trinajstić information content (AvgIpc) is 2.47. The number of hydrogen-bond donors (Lipinski definition) is 0. The average molecular weight is 124 g/mol. The van der Waals surface area contributed by atoms with Gasteiger partial charge in [0.25, 0.3) is 0 Å². The third kappa shape index (κ3) is 1.17. The first-order chi connectivity index (χ1) is 4.06. The van der Waals surface area contributed by atoms with E-state index in [0.29, 0.717) is 5.41 Å². The lowest BCUT2D eigenvalue weighted by Crippen LogP contribution is -2.08. The van der Waals surface area contributed by atoms with Crippen LogP contribution >= 0.6 is 0 Å². The van der Waals surface area contributed by atoms with Gasteiger partial charge in [0.05, 0.1) is 0 Å². The maximum absolute atomic E-state index is 3.96.